The SMILES string of the molecule is CC(=O)O[C@H]1CC(C)=C2C(=O)C=C(CO[C@@H]3O[C@H](CO)[C@@H](O)[C@H](O)[C@H]3O)[C@@H]2[C@H]2OC(=O)[C@@H](C)[C@@H]21. The molecule has 0 spiro atoms. The highest BCUT2D eigenvalue weighted by atomic mass is 16.7. The normalized spacial score (nSPS) is 42.0. The van der Waals surface area contributed by atoms with Gasteiger partial charge in [0.05, 0.1) is 19.1 Å². The Morgan fingerprint density at radius 1 is 1.18 bits per heavy atom. The minimum atomic E-state index is -1.60. The summed E-state index contributed by atoms with van der Waals surface area (Å²) >= 11 is 0. The van der Waals surface area contributed by atoms with Crippen molar-refractivity contribution in [3.8, 4) is 0 Å². The van der Waals surface area contributed by atoms with Crippen molar-refractivity contribution in [2.75, 3.05) is 13.2 Å². The van der Waals surface area contributed by atoms with E-state index in [4.69, 9.17) is 18.9 Å². The third-order valence-corrected chi connectivity index (χ3v) is 7.18. The zero-order valence-electron chi connectivity index (χ0n) is 19.1. The molecule has 0 aromatic heterocycles. The van der Waals surface area contributed by atoms with Crippen LogP contribution < -0.4 is 0 Å². The van der Waals surface area contributed by atoms with Crippen molar-refractivity contribution in [3.05, 3.63) is 22.8 Å². The van der Waals surface area contributed by atoms with E-state index in [0.29, 0.717) is 11.1 Å². The Bertz CT molecular complexity index is 922. The molecule has 11 nitrogen and oxygen atoms in total. The van der Waals surface area contributed by atoms with Crippen LogP contribution in [0.4, 0.5) is 0 Å². The molecule has 0 amide bonds. The van der Waals surface area contributed by atoms with Crippen molar-refractivity contribution in [2.24, 2.45) is 17.8 Å². The Morgan fingerprint density at radius 2 is 1.88 bits per heavy atom. The number of carbonyl (C=O) groups excluding carboxylic acids is 3. The van der Waals surface area contributed by atoms with Gasteiger partial charge in [-0.15, -0.1) is 0 Å². The molecule has 188 valence electrons. The number of aliphatic hydroxyl groups is 4. The minimum Gasteiger partial charge on any atom is -0.462 e. The lowest BCUT2D eigenvalue weighted by molar-refractivity contribution is -0.299. The highest BCUT2D eigenvalue weighted by Crippen LogP contribution is 2.49. The van der Waals surface area contributed by atoms with Gasteiger partial charge >= 0.3 is 11.9 Å². The van der Waals surface area contributed by atoms with Crippen LogP contribution in [0.25, 0.3) is 0 Å². The number of esters is 2. The summed E-state index contributed by atoms with van der Waals surface area (Å²) in [7, 11) is 0. The standard InChI is InChI=1S/C23H30O11/c1-8-4-13(32-10(3)25)16-9(2)22(30)34-21(16)17-11(5-12(26)15(8)17)7-31-23-20(29)19(28)18(27)14(6-24)33-23/h5,9,13-14,16-21,23-24,27-29H,4,6-7H2,1-3H3/t9-,13-,14+,16+,17-,18+,19-,20+,21-,23+/m0/s1. The smallest absolute Gasteiger partial charge is 0.309 e. The molecule has 4 aliphatic rings. The Kier molecular flexibility index (Phi) is 6.96. The average molecular weight is 482 g/mol. The van der Waals surface area contributed by atoms with E-state index in [0.717, 1.165) is 5.57 Å². The zero-order chi connectivity index (χ0) is 24.9. The quantitative estimate of drug-likeness (QED) is 0.346. The van der Waals surface area contributed by atoms with Gasteiger partial charge < -0.3 is 39.4 Å². The van der Waals surface area contributed by atoms with E-state index in [9.17, 15) is 34.8 Å². The molecule has 34 heavy (non-hydrogen) atoms. The number of aliphatic hydroxyl groups excluding tert-OH is 4. The molecule has 0 saturated carbocycles. The lowest BCUT2D eigenvalue weighted by Gasteiger charge is -2.39. The number of rotatable bonds is 5. The monoisotopic (exact) mass is 482 g/mol. The Morgan fingerprint density at radius 3 is 2.53 bits per heavy atom. The van der Waals surface area contributed by atoms with Gasteiger partial charge in [0.15, 0.2) is 12.1 Å². The van der Waals surface area contributed by atoms with Gasteiger partial charge in [0.2, 0.25) is 0 Å². The van der Waals surface area contributed by atoms with Gasteiger partial charge in [-0.2, -0.15) is 0 Å². The number of ketones is 1. The lowest BCUT2D eigenvalue weighted by atomic mass is 9.79. The molecule has 4 N–H and O–H groups in total. The van der Waals surface area contributed by atoms with Gasteiger partial charge in [0.25, 0.3) is 0 Å². The molecular weight excluding hydrogens is 452 g/mol. The van der Waals surface area contributed by atoms with E-state index < -0.39 is 79.2 Å². The maximum atomic E-state index is 12.9. The lowest BCUT2D eigenvalue weighted by Crippen LogP contribution is -2.59. The molecule has 0 radical (unpaired) electrons. The maximum absolute atomic E-state index is 12.9. The van der Waals surface area contributed by atoms with E-state index >= 15 is 0 Å². The summed E-state index contributed by atoms with van der Waals surface area (Å²) in [5.74, 6) is -2.86. The fourth-order valence-corrected chi connectivity index (χ4v) is 5.51. The third kappa shape index (κ3) is 4.21. The molecule has 11 heteroatoms. The Balaban J connectivity index is 1.59. The molecule has 10 atom stereocenters. The van der Waals surface area contributed by atoms with Crippen molar-refractivity contribution < 1.29 is 53.8 Å². The summed E-state index contributed by atoms with van der Waals surface area (Å²) in [6.07, 6.45) is -6.93. The van der Waals surface area contributed by atoms with Gasteiger partial charge in [-0.3, -0.25) is 14.4 Å². The molecule has 2 fully saturated rings. The Labute approximate surface area is 195 Å². The summed E-state index contributed by atoms with van der Waals surface area (Å²) in [6.45, 7) is 3.96. The number of allylic oxidation sites excluding steroid dienone is 1. The van der Waals surface area contributed by atoms with Crippen LogP contribution >= 0.6 is 0 Å². The van der Waals surface area contributed by atoms with E-state index in [1.807, 2.05) is 0 Å². The second-order valence-electron chi connectivity index (χ2n) is 9.38. The summed E-state index contributed by atoms with van der Waals surface area (Å²) < 4.78 is 22.3. The molecule has 0 aromatic carbocycles. The summed E-state index contributed by atoms with van der Waals surface area (Å²) in [6, 6.07) is 0. The van der Waals surface area contributed by atoms with E-state index in [2.05, 4.69) is 0 Å². The third-order valence-electron chi connectivity index (χ3n) is 7.18. The van der Waals surface area contributed by atoms with Crippen molar-refractivity contribution in [3.63, 3.8) is 0 Å². The van der Waals surface area contributed by atoms with Crippen LogP contribution in [0.15, 0.2) is 22.8 Å². The van der Waals surface area contributed by atoms with Crippen LogP contribution in [-0.2, 0) is 33.3 Å². The van der Waals surface area contributed by atoms with Crippen molar-refractivity contribution in [2.45, 2.75) is 70.1 Å². The first kappa shape index (κ1) is 25.0. The predicted octanol–water partition coefficient (Wildman–Crippen LogP) is -1.24. The van der Waals surface area contributed by atoms with E-state index in [-0.39, 0.29) is 18.8 Å². The minimum absolute atomic E-state index is 0.205. The molecule has 0 bridgehead atoms. The predicted molar refractivity (Wildman–Crippen MR) is 112 cm³/mol. The van der Waals surface area contributed by atoms with Crippen LogP contribution in [0.1, 0.15) is 27.2 Å². The Hall–Kier alpha value is -2.15. The summed E-state index contributed by atoms with van der Waals surface area (Å²) in [5, 5.41) is 39.6. The molecule has 2 aliphatic heterocycles. The first-order valence-corrected chi connectivity index (χ1v) is 11.3. The van der Waals surface area contributed by atoms with Crippen LogP contribution in [0, 0.1) is 17.8 Å². The summed E-state index contributed by atoms with van der Waals surface area (Å²) in [5.41, 5.74) is 1.66. The molecular formula is C23H30O11. The molecule has 4 rings (SSSR count). The van der Waals surface area contributed by atoms with Crippen LogP contribution in [0.5, 0.6) is 0 Å². The number of ether oxygens (including phenoxy) is 4. The van der Waals surface area contributed by atoms with Gasteiger partial charge in [-0.1, -0.05) is 12.5 Å². The zero-order valence-corrected chi connectivity index (χ0v) is 19.1. The number of carbonyl (C=O) groups is 3. The second-order valence-corrected chi connectivity index (χ2v) is 9.38. The molecule has 0 unspecified atom stereocenters. The number of hydrogen-bond acceptors (Lipinski definition) is 11. The fourth-order valence-electron chi connectivity index (χ4n) is 5.51. The largest absolute Gasteiger partial charge is 0.462 e. The number of hydrogen-bond donors (Lipinski definition) is 4. The van der Waals surface area contributed by atoms with Gasteiger partial charge in [0, 0.05) is 30.8 Å². The molecule has 2 heterocycles. The second kappa shape index (κ2) is 9.48. The molecule has 2 saturated heterocycles. The van der Waals surface area contributed by atoms with Crippen molar-refractivity contribution in [1.82, 2.24) is 0 Å². The summed E-state index contributed by atoms with van der Waals surface area (Å²) in [4.78, 5) is 37.2. The van der Waals surface area contributed by atoms with Crippen molar-refractivity contribution >= 4 is 17.7 Å². The highest BCUT2D eigenvalue weighted by molar-refractivity contribution is 6.09. The first-order valence-electron chi connectivity index (χ1n) is 11.3. The highest BCUT2D eigenvalue weighted by Gasteiger charge is 2.56. The fraction of sp³-hybridized carbons (Fsp3) is 0.696. The molecule has 2 aliphatic carbocycles. The maximum Gasteiger partial charge on any atom is 0.309 e. The first-order chi connectivity index (χ1) is 16.0. The number of fused-ring (bicyclic) bond motifs is 3. The van der Waals surface area contributed by atoms with Gasteiger partial charge in [-0.05, 0) is 18.6 Å². The van der Waals surface area contributed by atoms with Gasteiger partial charge in [0.1, 0.15) is 36.6 Å². The van der Waals surface area contributed by atoms with E-state index in [1.165, 1.54) is 13.0 Å². The van der Waals surface area contributed by atoms with Crippen LogP contribution in [0.2, 0.25) is 0 Å². The van der Waals surface area contributed by atoms with Crippen molar-refractivity contribution in [1.29, 1.82) is 0 Å². The van der Waals surface area contributed by atoms with E-state index in [1.54, 1.807) is 13.8 Å². The average Bonchev–Trinajstić information content (AvgIpc) is 3.22. The topological polar surface area (TPSA) is 169 Å². The van der Waals surface area contributed by atoms with Crippen LogP contribution in [-0.4, -0.2) is 94.3 Å². The van der Waals surface area contributed by atoms with Crippen LogP contribution in [0.3, 0.4) is 0 Å². The van der Waals surface area contributed by atoms with Gasteiger partial charge in [-0.25, -0.2) is 0 Å². The molecule has 0 aromatic rings.